The maximum absolute atomic E-state index is 7.04. The molecule has 2 heterocycles. The molecule has 0 radical (unpaired) electrons. The van der Waals surface area contributed by atoms with Crippen LogP contribution in [0.3, 0.4) is 0 Å². The Balaban J connectivity index is 1.91. The monoisotopic (exact) mass is 442 g/mol. The van der Waals surface area contributed by atoms with Gasteiger partial charge >= 0.3 is 0 Å². The SMILES string of the molecule is C/C(=C(/Cl)c1cc(C(c2ccncc2)c2cncn2C)ccc1N(C)C)c1ccccc1. The molecular formula is C27H27ClN4. The zero-order chi connectivity index (χ0) is 22.7. The van der Waals surface area contributed by atoms with Crippen molar-refractivity contribution in [3.63, 3.8) is 0 Å². The van der Waals surface area contributed by atoms with Crippen LogP contribution >= 0.6 is 11.6 Å². The number of pyridine rings is 1. The van der Waals surface area contributed by atoms with Crippen molar-refractivity contribution in [3.8, 4) is 0 Å². The number of aryl methyl sites for hydroxylation is 1. The highest BCUT2D eigenvalue weighted by atomic mass is 35.5. The second-order valence-corrected chi connectivity index (χ2v) is 8.50. The van der Waals surface area contributed by atoms with Gasteiger partial charge in [0.25, 0.3) is 0 Å². The second-order valence-electron chi connectivity index (χ2n) is 8.12. The van der Waals surface area contributed by atoms with E-state index in [1.807, 2.05) is 64.3 Å². The van der Waals surface area contributed by atoms with Gasteiger partial charge in [0, 0.05) is 56.7 Å². The van der Waals surface area contributed by atoms with Gasteiger partial charge in [-0.25, -0.2) is 4.98 Å². The molecule has 0 fully saturated rings. The first-order chi connectivity index (χ1) is 15.5. The molecule has 32 heavy (non-hydrogen) atoms. The molecule has 4 aromatic rings. The van der Waals surface area contributed by atoms with Crippen molar-refractivity contribution in [2.45, 2.75) is 12.8 Å². The number of benzene rings is 2. The maximum Gasteiger partial charge on any atom is 0.0945 e. The average Bonchev–Trinajstić information content (AvgIpc) is 3.24. The van der Waals surface area contributed by atoms with Gasteiger partial charge in [0.1, 0.15) is 0 Å². The van der Waals surface area contributed by atoms with Crippen LogP contribution < -0.4 is 4.90 Å². The minimum Gasteiger partial charge on any atom is -0.377 e. The summed E-state index contributed by atoms with van der Waals surface area (Å²) in [5.41, 5.74) is 7.67. The van der Waals surface area contributed by atoms with Gasteiger partial charge in [0.2, 0.25) is 0 Å². The number of rotatable bonds is 6. The molecular weight excluding hydrogens is 416 g/mol. The number of anilines is 1. The van der Waals surface area contributed by atoms with Crippen molar-refractivity contribution < 1.29 is 0 Å². The summed E-state index contributed by atoms with van der Waals surface area (Å²) in [6.07, 6.45) is 7.43. The van der Waals surface area contributed by atoms with Crippen molar-refractivity contribution in [2.24, 2.45) is 7.05 Å². The lowest BCUT2D eigenvalue weighted by Crippen LogP contribution is -2.13. The van der Waals surface area contributed by atoms with Crippen molar-refractivity contribution in [1.29, 1.82) is 0 Å². The Kier molecular flexibility index (Phi) is 6.42. The van der Waals surface area contributed by atoms with Crippen molar-refractivity contribution in [2.75, 3.05) is 19.0 Å². The fourth-order valence-electron chi connectivity index (χ4n) is 4.05. The van der Waals surface area contributed by atoms with Gasteiger partial charge in [-0.3, -0.25) is 4.98 Å². The third-order valence-electron chi connectivity index (χ3n) is 5.80. The number of allylic oxidation sites excluding steroid dienone is 1. The quantitative estimate of drug-likeness (QED) is 0.334. The molecule has 1 unspecified atom stereocenters. The minimum atomic E-state index is 0.0157. The van der Waals surface area contributed by atoms with E-state index in [1.165, 1.54) is 0 Å². The molecule has 2 aromatic carbocycles. The Hall–Kier alpha value is -3.37. The normalized spacial score (nSPS) is 12.9. The summed E-state index contributed by atoms with van der Waals surface area (Å²) in [5, 5.41) is 0.750. The van der Waals surface area contributed by atoms with Crippen molar-refractivity contribution in [1.82, 2.24) is 14.5 Å². The third kappa shape index (κ3) is 4.32. The van der Waals surface area contributed by atoms with Crippen LogP contribution in [-0.4, -0.2) is 28.6 Å². The van der Waals surface area contributed by atoms with Gasteiger partial charge in [-0.1, -0.05) is 48.0 Å². The summed E-state index contributed by atoms with van der Waals surface area (Å²) in [6.45, 7) is 2.07. The highest BCUT2D eigenvalue weighted by molar-refractivity contribution is 6.53. The van der Waals surface area contributed by atoms with Crippen LogP contribution in [0.25, 0.3) is 10.6 Å². The first kappa shape index (κ1) is 21.8. The van der Waals surface area contributed by atoms with Gasteiger partial charge in [-0.15, -0.1) is 0 Å². The van der Waals surface area contributed by atoms with Crippen LogP contribution in [0.15, 0.2) is 85.6 Å². The summed E-state index contributed by atoms with van der Waals surface area (Å²) >= 11 is 7.04. The second kappa shape index (κ2) is 9.41. The van der Waals surface area contributed by atoms with Gasteiger partial charge in [-0.05, 0) is 53.5 Å². The zero-order valence-corrected chi connectivity index (χ0v) is 19.6. The molecule has 2 aromatic heterocycles. The van der Waals surface area contributed by atoms with Crippen LogP contribution in [0.4, 0.5) is 5.69 Å². The first-order valence-electron chi connectivity index (χ1n) is 10.6. The Morgan fingerprint density at radius 1 is 0.938 bits per heavy atom. The predicted molar refractivity (Wildman–Crippen MR) is 134 cm³/mol. The molecule has 0 N–H and O–H groups in total. The molecule has 1 atom stereocenters. The highest BCUT2D eigenvalue weighted by Gasteiger charge is 2.22. The van der Waals surface area contributed by atoms with Crippen molar-refractivity contribution in [3.05, 3.63) is 114 Å². The van der Waals surface area contributed by atoms with E-state index < -0.39 is 0 Å². The Bertz CT molecular complexity index is 1230. The Morgan fingerprint density at radius 2 is 1.66 bits per heavy atom. The number of aromatic nitrogens is 3. The molecule has 162 valence electrons. The van der Waals surface area contributed by atoms with E-state index in [4.69, 9.17) is 11.6 Å². The lowest BCUT2D eigenvalue weighted by molar-refractivity contribution is 0.791. The van der Waals surface area contributed by atoms with E-state index >= 15 is 0 Å². The molecule has 0 aliphatic rings. The topological polar surface area (TPSA) is 34.0 Å². The fourth-order valence-corrected chi connectivity index (χ4v) is 4.31. The lowest BCUT2D eigenvalue weighted by atomic mass is 9.87. The van der Waals surface area contributed by atoms with Gasteiger partial charge in [0.05, 0.1) is 17.3 Å². The van der Waals surface area contributed by atoms with Gasteiger partial charge in [0.15, 0.2) is 0 Å². The van der Waals surface area contributed by atoms with Crippen LogP contribution in [-0.2, 0) is 7.05 Å². The smallest absolute Gasteiger partial charge is 0.0945 e. The molecule has 0 amide bonds. The van der Waals surface area contributed by atoms with Crippen LogP contribution in [0.5, 0.6) is 0 Å². The van der Waals surface area contributed by atoms with Crippen LogP contribution in [0, 0.1) is 0 Å². The summed E-state index contributed by atoms with van der Waals surface area (Å²) in [4.78, 5) is 10.7. The lowest BCUT2D eigenvalue weighted by Gasteiger charge is -2.23. The number of hydrogen-bond donors (Lipinski definition) is 0. The molecule has 0 aliphatic heterocycles. The van der Waals surface area contributed by atoms with Gasteiger partial charge in [-0.2, -0.15) is 0 Å². The van der Waals surface area contributed by atoms with E-state index in [-0.39, 0.29) is 5.92 Å². The third-order valence-corrected chi connectivity index (χ3v) is 6.28. The van der Waals surface area contributed by atoms with Crippen LogP contribution in [0.2, 0.25) is 0 Å². The summed E-state index contributed by atoms with van der Waals surface area (Å²) in [7, 11) is 6.11. The molecule has 4 rings (SSSR count). The summed E-state index contributed by atoms with van der Waals surface area (Å²) in [6, 6.07) is 20.9. The fraction of sp³-hybridized carbons (Fsp3) is 0.185. The molecule has 0 saturated heterocycles. The summed E-state index contributed by atoms with van der Waals surface area (Å²) in [5.74, 6) is 0.0157. The Morgan fingerprint density at radius 3 is 2.28 bits per heavy atom. The van der Waals surface area contributed by atoms with E-state index in [9.17, 15) is 0 Å². The minimum absolute atomic E-state index is 0.0157. The average molecular weight is 443 g/mol. The molecule has 0 saturated carbocycles. The largest absolute Gasteiger partial charge is 0.377 e. The standard InChI is InChI=1S/C27H27ClN4/c1-19(20-8-6-5-7-9-20)27(28)23-16-22(10-11-24(23)31(2)3)26(21-12-14-29-15-13-21)25-17-30-18-32(25)4/h5-18,26H,1-4H3/b27-19-. The number of hydrogen-bond acceptors (Lipinski definition) is 3. The van der Waals surface area contributed by atoms with E-state index in [1.54, 1.807) is 0 Å². The molecule has 0 spiro atoms. The molecule has 4 nitrogen and oxygen atoms in total. The molecule has 5 heteroatoms. The van der Waals surface area contributed by atoms with E-state index in [0.717, 1.165) is 44.2 Å². The molecule has 0 bridgehead atoms. The zero-order valence-electron chi connectivity index (χ0n) is 18.8. The highest BCUT2D eigenvalue weighted by Crippen LogP contribution is 2.39. The van der Waals surface area contributed by atoms with Crippen LogP contribution in [0.1, 0.15) is 40.8 Å². The van der Waals surface area contributed by atoms with E-state index in [0.29, 0.717) is 0 Å². The van der Waals surface area contributed by atoms with E-state index in [2.05, 4.69) is 68.8 Å². The van der Waals surface area contributed by atoms with Gasteiger partial charge < -0.3 is 9.47 Å². The number of halogens is 1. The first-order valence-corrected chi connectivity index (χ1v) is 10.9. The number of nitrogens with zero attached hydrogens (tertiary/aromatic N) is 4. The predicted octanol–water partition coefficient (Wildman–Crippen LogP) is 6.19. The van der Waals surface area contributed by atoms with Crippen molar-refractivity contribution >= 4 is 27.9 Å². The molecule has 0 aliphatic carbocycles. The number of imidazole rings is 1. The Labute approximate surface area is 194 Å². The summed E-state index contributed by atoms with van der Waals surface area (Å²) < 4.78 is 2.07. The maximum atomic E-state index is 7.04.